The van der Waals surface area contributed by atoms with E-state index in [2.05, 4.69) is 10.1 Å². The number of halogens is 2. The maximum Gasteiger partial charge on any atom is 0.263 e. The van der Waals surface area contributed by atoms with Gasteiger partial charge in [-0.2, -0.15) is 4.98 Å². The Morgan fingerprint density at radius 3 is 2.78 bits per heavy atom. The van der Waals surface area contributed by atoms with Gasteiger partial charge in [-0.05, 0) is 25.5 Å². The van der Waals surface area contributed by atoms with Gasteiger partial charge in [-0.25, -0.2) is 8.78 Å². The van der Waals surface area contributed by atoms with Crippen LogP contribution in [0.15, 0.2) is 16.7 Å². The average molecular weight is 253 g/mol. The van der Waals surface area contributed by atoms with Crippen LogP contribution in [0.2, 0.25) is 0 Å². The van der Waals surface area contributed by atoms with E-state index in [-0.39, 0.29) is 17.5 Å². The number of nitrogens with zero attached hydrogens (tertiary/aromatic N) is 2. The van der Waals surface area contributed by atoms with E-state index in [9.17, 15) is 8.78 Å². The van der Waals surface area contributed by atoms with Gasteiger partial charge in [0, 0.05) is 12.5 Å². The van der Waals surface area contributed by atoms with Crippen molar-refractivity contribution in [3.63, 3.8) is 0 Å². The molecule has 1 aromatic carbocycles. The van der Waals surface area contributed by atoms with Gasteiger partial charge >= 0.3 is 0 Å². The first-order chi connectivity index (χ1) is 8.49. The Morgan fingerprint density at radius 2 is 2.11 bits per heavy atom. The third kappa shape index (κ3) is 2.38. The Balaban J connectivity index is 2.43. The van der Waals surface area contributed by atoms with Crippen LogP contribution in [0.4, 0.5) is 8.78 Å². The number of benzene rings is 1. The lowest BCUT2D eigenvalue weighted by Gasteiger charge is -2.02. The van der Waals surface area contributed by atoms with Crippen molar-refractivity contribution in [3.8, 4) is 11.5 Å². The zero-order valence-electron chi connectivity index (χ0n) is 10.1. The molecule has 0 aliphatic carbocycles. The van der Waals surface area contributed by atoms with Crippen molar-refractivity contribution in [1.82, 2.24) is 10.1 Å². The SMILES string of the molecule is Cc1ccc(F)c(-c2nc(CC(C)N)no2)c1F. The fourth-order valence-electron chi connectivity index (χ4n) is 1.58. The van der Waals surface area contributed by atoms with Crippen LogP contribution in [0.5, 0.6) is 0 Å². The molecule has 0 radical (unpaired) electrons. The molecule has 0 saturated heterocycles. The minimum atomic E-state index is -0.728. The van der Waals surface area contributed by atoms with Crippen LogP contribution in [-0.4, -0.2) is 16.2 Å². The van der Waals surface area contributed by atoms with Crippen LogP contribution in [0.25, 0.3) is 11.5 Å². The van der Waals surface area contributed by atoms with E-state index in [1.54, 1.807) is 6.92 Å². The van der Waals surface area contributed by atoms with Gasteiger partial charge in [0.15, 0.2) is 5.82 Å². The molecule has 0 aliphatic rings. The molecule has 0 aliphatic heterocycles. The van der Waals surface area contributed by atoms with Crippen molar-refractivity contribution < 1.29 is 13.3 Å². The topological polar surface area (TPSA) is 64.9 Å². The highest BCUT2D eigenvalue weighted by Gasteiger charge is 2.19. The highest BCUT2D eigenvalue weighted by molar-refractivity contribution is 5.56. The molecule has 1 atom stereocenters. The van der Waals surface area contributed by atoms with Gasteiger partial charge < -0.3 is 10.3 Å². The Hall–Kier alpha value is -1.82. The predicted octanol–water partition coefficient (Wildman–Crippen LogP) is 2.21. The summed E-state index contributed by atoms with van der Waals surface area (Å²) in [5.41, 5.74) is 5.61. The van der Waals surface area contributed by atoms with Gasteiger partial charge in [0.2, 0.25) is 0 Å². The molecule has 18 heavy (non-hydrogen) atoms. The highest BCUT2D eigenvalue weighted by atomic mass is 19.1. The molecule has 2 rings (SSSR count). The molecule has 1 unspecified atom stereocenters. The first kappa shape index (κ1) is 12.6. The standard InChI is InChI=1S/C12H13F2N3O/c1-6-3-4-8(13)10(11(6)14)12-16-9(17-18-12)5-7(2)15/h3-4,7H,5,15H2,1-2H3. The van der Waals surface area contributed by atoms with Crippen molar-refractivity contribution in [2.45, 2.75) is 26.3 Å². The van der Waals surface area contributed by atoms with Crippen molar-refractivity contribution >= 4 is 0 Å². The smallest absolute Gasteiger partial charge is 0.263 e. The van der Waals surface area contributed by atoms with Crippen molar-refractivity contribution in [3.05, 3.63) is 35.2 Å². The summed E-state index contributed by atoms with van der Waals surface area (Å²) in [5.74, 6) is -1.25. The fourth-order valence-corrected chi connectivity index (χ4v) is 1.58. The number of aryl methyl sites for hydroxylation is 1. The summed E-state index contributed by atoms with van der Waals surface area (Å²) < 4.78 is 32.3. The van der Waals surface area contributed by atoms with Crippen LogP contribution in [0.1, 0.15) is 18.3 Å². The monoisotopic (exact) mass is 253 g/mol. The molecular formula is C12H13F2N3O. The Labute approximate surface area is 103 Å². The first-order valence-electron chi connectivity index (χ1n) is 5.52. The molecule has 96 valence electrons. The second-order valence-corrected chi connectivity index (χ2v) is 4.25. The van der Waals surface area contributed by atoms with Crippen LogP contribution >= 0.6 is 0 Å². The molecule has 0 amide bonds. The minimum Gasteiger partial charge on any atom is -0.334 e. The molecule has 0 saturated carbocycles. The Bertz CT molecular complexity index is 566. The maximum absolute atomic E-state index is 13.8. The molecule has 4 nitrogen and oxygen atoms in total. The first-order valence-corrected chi connectivity index (χ1v) is 5.52. The van der Waals surface area contributed by atoms with Crippen molar-refractivity contribution in [2.24, 2.45) is 5.73 Å². The summed E-state index contributed by atoms with van der Waals surface area (Å²) in [4.78, 5) is 3.95. The zero-order valence-corrected chi connectivity index (χ0v) is 10.1. The summed E-state index contributed by atoms with van der Waals surface area (Å²) in [5, 5.41) is 3.65. The quantitative estimate of drug-likeness (QED) is 0.910. The van der Waals surface area contributed by atoms with Gasteiger partial charge in [-0.1, -0.05) is 11.2 Å². The van der Waals surface area contributed by atoms with Gasteiger partial charge in [-0.3, -0.25) is 0 Å². The fraction of sp³-hybridized carbons (Fsp3) is 0.333. The van der Waals surface area contributed by atoms with Crippen molar-refractivity contribution in [2.75, 3.05) is 0 Å². The Morgan fingerprint density at radius 1 is 1.39 bits per heavy atom. The molecule has 6 heteroatoms. The lowest BCUT2D eigenvalue weighted by molar-refractivity contribution is 0.415. The summed E-state index contributed by atoms with van der Waals surface area (Å²) in [6, 6.07) is 2.37. The molecule has 0 bridgehead atoms. The second kappa shape index (κ2) is 4.81. The summed E-state index contributed by atoms with van der Waals surface area (Å²) in [6.45, 7) is 3.32. The minimum absolute atomic E-state index is 0.150. The van der Waals surface area contributed by atoms with Crippen LogP contribution in [-0.2, 0) is 6.42 Å². The molecule has 1 heterocycles. The van der Waals surface area contributed by atoms with Crippen LogP contribution in [0.3, 0.4) is 0 Å². The molecule has 0 spiro atoms. The van der Waals surface area contributed by atoms with Crippen LogP contribution in [0, 0.1) is 18.6 Å². The maximum atomic E-state index is 13.8. The van der Waals surface area contributed by atoms with Gasteiger partial charge in [0.25, 0.3) is 5.89 Å². The largest absolute Gasteiger partial charge is 0.334 e. The van der Waals surface area contributed by atoms with E-state index in [1.807, 2.05) is 0 Å². The van der Waals surface area contributed by atoms with E-state index in [0.29, 0.717) is 17.8 Å². The third-order valence-electron chi connectivity index (χ3n) is 2.47. The Kier molecular flexibility index (Phi) is 3.38. The van der Waals surface area contributed by atoms with Gasteiger partial charge in [0.05, 0.1) is 0 Å². The third-order valence-corrected chi connectivity index (χ3v) is 2.47. The summed E-state index contributed by atoms with van der Waals surface area (Å²) in [7, 11) is 0. The lowest BCUT2D eigenvalue weighted by Crippen LogP contribution is -2.18. The lowest BCUT2D eigenvalue weighted by atomic mass is 10.1. The number of hydrogen-bond acceptors (Lipinski definition) is 4. The van der Waals surface area contributed by atoms with Gasteiger partial charge in [-0.15, -0.1) is 0 Å². The number of aromatic nitrogens is 2. The summed E-state index contributed by atoms with van der Waals surface area (Å²) in [6.07, 6.45) is 0.387. The number of hydrogen-bond donors (Lipinski definition) is 1. The van der Waals surface area contributed by atoms with E-state index in [1.165, 1.54) is 19.1 Å². The van der Waals surface area contributed by atoms with Gasteiger partial charge in [0.1, 0.15) is 17.2 Å². The van der Waals surface area contributed by atoms with E-state index < -0.39 is 11.6 Å². The molecule has 2 N–H and O–H groups in total. The normalized spacial score (nSPS) is 12.7. The number of nitrogens with two attached hydrogens (primary N) is 1. The van der Waals surface area contributed by atoms with E-state index in [4.69, 9.17) is 10.3 Å². The van der Waals surface area contributed by atoms with E-state index >= 15 is 0 Å². The van der Waals surface area contributed by atoms with Crippen molar-refractivity contribution in [1.29, 1.82) is 0 Å². The molecule has 1 aromatic heterocycles. The second-order valence-electron chi connectivity index (χ2n) is 4.25. The molecule has 2 aromatic rings. The predicted molar refractivity (Wildman–Crippen MR) is 61.7 cm³/mol. The van der Waals surface area contributed by atoms with Crippen LogP contribution < -0.4 is 5.73 Å². The molecular weight excluding hydrogens is 240 g/mol. The highest BCUT2D eigenvalue weighted by Crippen LogP contribution is 2.26. The van der Waals surface area contributed by atoms with E-state index in [0.717, 1.165) is 0 Å². The molecule has 0 fully saturated rings. The zero-order chi connectivity index (χ0) is 13.3. The number of rotatable bonds is 3. The average Bonchev–Trinajstić information content (AvgIpc) is 2.71. The summed E-state index contributed by atoms with van der Waals surface area (Å²) >= 11 is 0.